The van der Waals surface area contributed by atoms with Crippen molar-refractivity contribution in [1.82, 2.24) is 10.3 Å². The first-order chi connectivity index (χ1) is 9.77. The van der Waals surface area contributed by atoms with E-state index in [4.69, 9.17) is 5.11 Å². The Balaban J connectivity index is 2.96. The second-order valence-corrected chi connectivity index (χ2v) is 4.40. The number of nitrogens with zero attached hydrogens (tertiary/aromatic N) is 1. The zero-order valence-corrected chi connectivity index (χ0v) is 11.3. The molecule has 116 valence electrons. The van der Waals surface area contributed by atoms with E-state index in [1.807, 2.05) is 6.92 Å². The van der Waals surface area contributed by atoms with E-state index >= 15 is 0 Å². The molecule has 1 unspecified atom stereocenters. The van der Waals surface area contributed by atoms with Gasteiger partial charge in [-0.2, -0.15) is 13.2 Å². The first-order valence-electron chi connectivity index (χ1n) is 6.33. The number of rotatable bonds is 6. The van der Waals surface area contributed by atoms with Gasteiger partial charge in [-0.1, -0.05) is 19.8 Å². The van der Waals surface area contributed by atoms with Crippen molar-refractivity contribution < 1.29 is 27.9 Å². The fraction of sp³-hybridized carbons (Fsp3) is 0.462. The van der Waals surface area contributed by atoms with E-state index in [0.29, 0.717) is 12.8 Å². The van der Waals surface area contributed by atoms with E-state index in [-0.39, 0.29) is 6.42 Å². The highest BCUT2D eigenvalue weighted by Gasteiger charge is 2.36. The van der Waals surface area contributed by atoms with E-state index in [9.17, 15) is 22.8 Å². The zero-order chi connectivity index (χ0) is 16.0. The molecule has 0 saturated carbocycles. The minimum absolute atomic E-state index is 0.145. The average molecular weight is 304 g/mol. The molecule has 8 heteroatoms. The predicted octanol–water partition coefficient (Wildman–Crippen LogP) is 2.47. The number of carbonyl (C=O) groups excluding carboxylic acids is 1. The van der Waals surface area contributed by atoms with Gasteiger partial charge in [-0.15, -0.1) is 0 Å². The monoisotopic (exact) mass is 304 g/mol. The summed E-state index contributed by atoms with van der Waals surface area (Å²) >= 11 is 0. The molecule has 2 N–H and O–H groups in total. The summed E-state index contributed by atoms with van der Waals surface area (Å²) in [6.45, 7) is 1.83. The second kappa shape index (κ2) is 7.05. The summed E-state index contributed by atoms with van der Waals surface area (Å²) in [5.41, 5.74) is -2.02. The van der Waals surface area contributed by atoms with E-state index < -0.39 is 35.4 Å². The number of pyridine rings is 1. The summed E-state index contributed by atoms with van der Waals surface area (Å²) in [6.07, 6.45) is -2.30. The predicted molar refractivity (Wildman–Crippen MR) is 67.7 cm³/mol. The number of carboxylic acid groups (broad SMARTS) is 1. The van der Waals surface area contributed by atoms with Crippen LogP contribution in [-0.4, -0.2) is 28.0 Å². The van der Waals surface area contributed by atoms with Crippen molar-refractivity contribution in [2.45, 2.75) is 38.4 Å². The van der Waals surface area contributed by atoms with Crippen LogP contribution < -0.4 is 5.32 Å². The summed E-state index contributed by atoms with van der Waals surface area (Å²) in [4.78, 5) is 26.3. The van der Waals surface area contributed by atoms with Crippen LogP contribution in [0, 0.1) is 0 Å². The molecule has 0 aliphatic rings. The summed E-state index contributed by atoms with van der Waals surface area (Å²) < 4.78 is 38.3. The Bertz CT molecular complexity index is 518. The van der Waals surface area contributed by atoms with Crippen LogP contribution in [0.2, 0.25) is 0 Å². The van der Waals surface area contributed by atoms with Gasteiger partial charge in [0.15, 0.2) is 0 Å². The molecule has 0 bridgehead atoms. The van der Waals surface area contributed by atoms with Crippen molar-refractivity contribution >= 4 is 11.9 Å². The van der Waals surface area contributed by atoms with Crippen molar-refractivity contribution in [1.29, 1.82) is 0 Å². The maximum atomic E-state index is 12.8. The highest BCUT2D eigenvalue weighted by Crippen LogP contribution is 2.30. The molecule has 0 aliphatic carbocycles. The Hall–Kier alpha value is -2.12. The van der Waals surface area contributed by atoms with Crippen LogP contribution in [-0.2, 0) is 11.0 Å². The lowest BCUT2D eigenvalue weighted by Crippen LogP contribution is -2.41. The maximum absolute atomic E-state index is 12.8. The zero-order valence-electron chi connectivity index (χ0n) is 11.3. The van der Waals surface area contributed by atoms with E-state index in [1.165, 1.54) is 0 Å². The third-order valence-corrected chi connectivity index (χ3v) is 2.78. The second-order valence-electron chi connectivity index (χ2n) is 4.40. The SMILES string of the molecule is CCCCC(NC(=O)c1ncccc1C(F)(F)F)C(=O)O. The van der Waals surface area contributed by atoms with Gasteiger partial charge < -0.3 is 10.4 Å². The molecule has 1 aromatic heterocycles. The lowest BCUT2D eigenvalue weighted by Gasteiger charge is -2.16. The number of carboxylic acids is 1. The van der Waals surface area contributed by atoms with Gasteiger partial charge in [0.2, 0.25) is 0 Å². The molecule has 1 heterocycles. The summed E-state index contributed by atoms with van der Waals surface area (Å²) in [5, 5.41) is 11.0. The minimum Gasteiger partial charge on any atom is -0.480 e. The molecule has 5 nitrogen and oxygen atoms in total. The van der Waals surface area contributed by atoms with Crippen LogP contribution in [0.25, 0.3) is 0 Å². The third kappa shape index (κ3) is 4.73. The van der Waals surface area contributed by atoms with Gasteiger partial charge in [0.1, 0.15) is 11.7 Å². The number of amides is 1. The van der Waals surface area contributed by atoms with Crippen molar-refractivity contribution in [3.63, 3.8) is 0 Å². The standard InChI is InChI=1S/C13H15F3N2O3/c1-2-3-6-9(12(20)21)18-11(19)10-8(13(14,15)16)5-4-7-17-10/h4-5,7,9H,2-3,6H2,1H3,(H,18,19)(H,20,21). The largest absolute Gasteiger partial charge is 0.480 e. The van der Waals surface area contributed by atoms with Gasteiger partial charge in [0, 0.05) is 6.20 Å². The summed E-state index contributed by atoms with van der Waals surface area (Å²) in [5.74, 6) is -2.44. The highest BCUT2D eigenvalue weighted by atomic mass is 19.4. The van der Waals surface area contributed by atoms with Gasteiger partial charge in [-0.25, -0.2) is 4.79 Å². The number of unbranched alkanes of at least 4 members (excludes halogenated alkanes) is 1. The van der Waals surface area contributed by atoms with E-state index in [1.54, 1.807) is 0 Å². The number of aliphatic carboxylic acids is 1. The summed E-state index contributed by atoms with van der Waals surface area (Å²) in [7, 11) is 0. The Labute approximate surface area is 119 Å². The fourth-order valence-corrected chi connectivity index (χ4v) is 1.71. The number of nitrogens with one attached hydrogen (secondary N) is 1. The van der Waals surface area contributed by atoms with Crippen molar-refractivity contribution in [3.05, 3.63) is 29.6 Å². The molecule has 0 aromatic carbocycles. The van der Waals surface area contributed by atoms with Crippen molar-refractivity contribution in [2.75, 3.05) is 0 Å². The quantitative estimate of drug-likeness (QED) is 0.846. The molecule has 1 amide bonds. The molecule has 1 rings (SSSR count). The van der Waals surface area contributed by atoms with Crippen LogP contribution >= 0.6 is 0 Å². The van der Waals surface area contributed by atoms with Crippen LogP contribution in [0.3, 0.4) is 0 Å². The molecule has 0 aliphatic heterocycles. The van der Waals surface area contributed by atoms with Crippen LogP contribution in [0.15, 0.2) is 18.3 Å². The number of aromatic nitrogens is 1. The van der Waals surface area contributed by atoms with Gasteiger partial charge in [0.05, 0.1) is 5.56 Å². The molecule has 1 aromatic rings. The van der Waals surface area contributed by atoms with E-state index in [2.05, 4.69) is 10.3 Å². The lowest BCUT2D eigenvalue weighted by atomic mass is 10.1. The van der Waals surface area contributed by atoms with Gasteiger partial charge in [0.25, 0.3) is 5.91 Å². The molecule has 0 radical (unpaired) electrons. The Morgan fingerprint density at radius 3 is 2.62 bits per heavy atom. The molecule has 21 heavy (non-hydrogen) atoms. The van der Waals surface area contributed by atoms with Crippen molar-refractivity contribution in [3.8, 4) is 0 Å². The Morgan fingerprint density at radius 1 is 1.43 bits per heavy atom. The Kier molecular flexibility index (Phi) is 5.69. The number of hydrogen-bond donors (Lipinski definition) is 2. The topological polar surface area (TPSA) is 79.3 Å². The van der Waals surface area contributed by atoms with Gasteiger partial charge in [-0.3, -0.25) is 9.78 Å². The normalized spacial score (nSPS) is 12.8. The minimum atomic E-state index is -4.73. The number of halogens is 3. The number of alkyl halides is 3. The first-order valence-corrected chi connectivity index (χ1v) is 6.33. The van der Waals surface area contributed by atoms with E-state index in [0.717, 1.165) is 18.3 Å². The molecule has 0 saturated heterocycles. The molecular formula is C13H15F3N2O3. The molecule has 0 spiro atoms. The fourth-order valence-electron chi connectivity index (χ4n) is 1.71. The van der Waals surface area contributed by atoms with Crippen molar-refractivity contribution in [2.24, 2.45) is 0 Å². The molecule has 1 atom stereocenters. The first kappa shape index (κ1) is 16.9. The molecule has 0 fully saturated rings. The number of carbonyl (C=O) groups is 2. The lowest BCUT2D eigenvalue weighted by molar-refractivity contribution is -0.139. The Morgan fingerprint density at radius 2 is 2.10 bits per heavy atom. The summed E-state index contributed by atoms with van der Waals surface area (Å²) in [6, 6.07) is 0.551. The third-order valence-electron chi connectivity index (χ3n) is 2.78. The van der Waals surface area contributed by atoms with Crippen LogP contribution in [0.5, 0.6) is 0 Å². The smallest absolute Gasteiger partial charge is 0.418 e. The maximum Gasteiger partial charge on any atom is 0.418 e. The van der Waals surface area contributed by atoms with Crippen LogP contribution in [0.4, 0.5) is 13.2 Å². The number of hydrogen-bond acceptors (Lipinski definition) is 3. The van der Waals surface area contributed by atoms with Gasteiger partial charge in [-0.05, 0) is 18.6 Å². The van der Waals surface area contributed by atoms with Crippen LogP contribution in [0.1, 0.15) is 42.2 Å². The average Bonchev–Trinajstić information content (AvgIpc) is 2.42. The van der Waals surface area contributed by atoms with Gasteiger partial charge >= 0.3 is 12.1 Å². The highest BCUT2D eigenvalue weighted by molar-refractivity contribution is 5.96. The molecular weight excluding hydrogens is 289 g/mol.